The molecule has 0 radical (unpaired) electrons. The minimum absolute atomic E-state index is 0.558. The van der Waals surface area contributed by atoms with Gasteiger partial charge >= 0.3 is 0 Å². The number of imidazole rings is 1. The number of hydrogen-bond donors (Lipinski definition) is 0. The lowest BCUT2D eigenvalue weighted by Gasteiger charge is -2.11. The first kappa shape index (κ1) is 13.2. The lowest BCUT2D eigenvalue weighted by Crippen LogP contribution is -1.97. The number of nitrogens with zero attached hydrogens (tertiary/aromatic N) is 3. The number of benzene rings is 1. The third-order valence-corrected chi connectivity index (χ3v) is 3.33. The molecule has 0 aliphatic carbocycles. The molecule has 0 atom stereocenters. The molecule has 1 aromatic heterocycles. The molecular weight excluding hydrogens is 238 g/mol. The van der Waals surface area contributed by atoms with Crippen LogP contribution in [0.15, 0.2) is 12.1 Å². The molecule has 2 rings (SSSR count). The Hall–Kier alpha value is -2.28. The zero-order chi connectivity index (χ0) is 14.2. The molecule has 1 aromatic carbocycles. The van der Waals surface area contributed by atoms with E-state index in [1.54, 1.807) is 11.7 Å². The molecule has 0 fully saturated rings. The Morgan fingerprint density at radius 2 is 1.95 bits per heavy atom. The quantitative estimate of drug-likeness (QED) is 0.829. The van der Waals surface area contributed by atoms with E-state index in [9.17, 15) is 5.26 Å². The molecule has 0 amide bonds. The SMILES string of the molecule is COc1cc(C)cc(C)c1-c1nc(C)n(C)c1C#N. The summed E-state index contributed by atoms with van der Waals surface area (Å²) in [5, 5.41) is 9.33. The monoisotopic (exact) mass is 255 g/mol. The fourth-order valence-corrected chi connectivity index (χ4v) is 2.31. The normalized spacial score (nSPS) is 10.3. The molecule has 0 saturated heterocycles. The first-order valence-corrected chi connectivity index (χ1v) is 6.08. The van der Waals surface area contributed by atoms with Gasteiger partial charge in [-0.25, -0.2) is 4.98 Å². The average Bonchev–Trinajstić information content (AvgIpc) is 2.63. The van der Waals surface area contributed by atoms with Crippen LogP contribution in [0.2, 0.25) is 0 Å². The Labute approximate surface area is 113 Å². The third kappa shape index (κ3) is 2.08. The van der Waals surface area contributed by atoms with Crippen LogP contribution in [0.3, 0.4) is 0 Å². The van der Waals surface area contributed by atoms with Crippen molar-refractivity contribution in [2.45, 2.75) is 20.8 Å². The summed E-state index contributed by atoms with van der Waals surface area (Å²) in [4.78, 5) is 4.51. The van der Waals surface area contributed by atoms with Crippen molar-refractivity contribution in [3.05, 3.63) is 34.8 Å². The highest BCUT2D eigenvalue weighted by atomic mass is 16.5. The second-order valence-corrected chi connectivity index (χ2v) is 4.69. The number of nitriles is 1. The minimum Gasteiger partial charge on any atom is -0.496 e. The summed E-state index contributed by atoms with van der Waals surface area (Å²) in [6.07, 6.45) is 0. The lowest BCUT2D eigenvalue weighted by molar-refractivity contribution is 0.415. The Bertz CT molecular complexity index is 678. The Morgan fingerprint density at radius 3 is 2.53 bits per heavy atom. The number of aromatic nitrogens is 2. The molecule has 2 aromatic rings. The zero-order valence-electron chi connectivity index (χ0n) is 11.9. The summed E-state index contributed by atoms with van der Waals surface area (Å²) in [6, 6.07) is 6.26. The Balaban J connectivity index is 2.80. The molecule has 98 valence electrons. The topological polar surface area (TPSA) is 50.8 Å². The van der Waals surface area contributed by atoms with Crippen LogP contribution >= 0.6 is 0 Å². The number of ether oxygens (including phenoxy) is 1. The predicted molar refractivity (Wildman–Crippen MR) is 74.1 cm³/mol. The van der Waals surface area contributed by atoms with Gasteiger partial charge < -0.3 is 9.30 Å². The highest BCUT2D eigenvalue weighted by Crippen LogP contribution is 2.35. The second kappa shape index (κ2) is 4.77. The molecular formula is C15H17N3O. The van der Waals surface area contributed by atoms with Gasteiger partial charge in [-0.1, -0.05) is 6.07 Å². The van der Waals surface area contributed by atoms with E-state index in [4.69, 9.17) is 4.74 Å². The number of hydrogen-bond acceptors (Lipinski definition) is 3. The maximum Gasteiger partial charge on any atom is 0.148 e. The molecule has 0 bridgehead atoms. The summed E-state index contributed by atoms with van der Waals surface area (Å²) in [7, 11) is 3.49. The first-order chi connectivity index (χ1) is 8.99. The van der Waals surface area contributed by atoms with Gasteiger partial charge in [-0.05, 0) is 38.0 Å². The van der Waals surface area contributed by atoms with Crippen LogP contribution in [-0.4, -0.2) is 16.7 Å². The van der Waals surface area contributed by atoms with E-state index >= 15 is 0 Å². The molecule has 0 spiro atoms. The molecule has 4 nitrogen and oxygen atoms in total. The number of methoxy groups -OCH3 is 1. The highest BCUT2D eigenvalue weighted by molar-refractivity contribution is 5.75. The van der Waals surface area contributed by atoms with Crippen LogP contribution in [0.5, 0.6) is 5.75 Å². The van der Waals surface area contributed by atoms with Crippen molar-refractivity contribution in [3.63, 3.8) is 0 Å². The smallest absolute Gasteiger partial charge is 0.148 e. The maximum atomic E-state index is 9.33. The van der Waals surface area contributed by atoms with E-state index in [0.29, 0.717) is 11.4 Å². The average molecular weight is 255 g/mol. The van der Waals surface area contributed by atoms with Crippen molar-refractivity contribution < 1.29 is 4.74 Å². The van der Waals surface area contributed by atoms with Crippen molar-refractivity contribution >= 4 is 0 Å². The largest absolute Gasteiger partial charge is 0.496 e. The van der Waals surface area contributed by atoms with Gasteiger partial charge in [0.25, 0.3) is 0 Å². The van der Waals surface area contributed by atoms with Gasteiger partial charge in [0.15, 0.2) is 0 Å². The molecule has 0 unspecified atom stereocenters. The number of aryl methyl sites for hydroxylation is 3. The van der Waals surface area contributed by atoms with Crippen LogP contribution in [0.25, 0.3) is 11.3 Å². The Kier molecular flexibility index (Phi) is 3.30. The molecule has 0 N–H and O–H groups in total. The summed E-state index contributed by atoms with van der Waals surface area (Å²) < 4.78 is 7.25. The van der Waals surface area contributed by atoms with Gasteiger partial charge in [0, 0.05) is 12.6 Å². The molecule has 0 aliphatic rings. The van der Waals surface area contributed by atoms with Gasteiger partial charge in [0.2, 0.25) is 0 Å². The Morgan fingerprint density at radius 1 is 1.26 bits per heavy atom. The first-order valence-electron chi connectivity index (χ1n) is 6.08. The fourth-order valence-electron chi connectivity index (χ4n) is 2.31. The van der Waals surface area contributed by atoms with Crippen molar-refractivity contribution in [1.82, 2.24) is 9.55 Å². The highest BCUT2D eigenvalue weighted by Gasteiger charge is 2.19. The van der Waals surface area contributed by atoms with Crippen molar-refractivity contribution in [1.29, 1.82) is 5.26 Å². The van der Waals surface area contributed by atoms with Crippen LogP contribution in [-0.2, 0) is 7.05 Å². The summed E-state index contributed by atoms with van der Waals surface area (Å²) in [5.74, 6) is 1.57. The number of rotatable bonds is 2. The van der Waals surface area contributed by atoms with Crippen LogP contribution in [0, 0.1) is 32.1 Å². The lowest BCUT2D eigenvalue weighted by atomic mass is 10.0. The van der Waals surface area contributed by atoms with Gasteiger partial charge in [0.05, 0.1) is 7.11 Å². The van der Waals surface area contributed by atoms with Gasteiger partial charge in [-0.2, -0.15) is 5.26 Å². The van der Waals surface area contributed by atoms with E-state index < -0.39 is 0 Å². The third-order valence-electron chi connectivity index (χ3n) is 3.33. The van der Waals surface area contributed by atoms with Crippen LogP contribution in [0.1, 0.15) is 22.6 Å². The summed E-state index contributed by atoms with van der Waals surface area (Å²) in [6.45, 7) is 5.92. The zero-order valence-corrected chi connectivity index (χ0v) is 11.9. The van der Waals surface area contributed by atoms with Crippen molar-refractivity contribution in [2.75, 3.05) is 7.11 Å². The van der Waals surface area contributed by atoms with E-state index in [-0.39, 0.29) is 0 Å². The minimum atomic E-state index is 0.558. The predicted octanol–water partition coefficient (Wildman–Crippen LogP) is 2.89. The van der Waals surface area contributed by atoms with E-state index in [1.165, 1.54) is 0 Å². The molecule has 19 heavy (non-hydrogen) atoms. The van der Waals surface area contributed by atoms with Crippen LogP contribution < -0.4 is 4.74 Å². The van der Waals surface area contributed by atoms with Crippen molar-refractivity contribution in [2.24, 2.45) is 7.05 Å². The van der Waals surface area contributed by atoms with Gasteiger partial charge in [0.1, 0.15) is 29.0 Å². The van der Waals surface area contributed by atoms with E-state index in [0.717, 1.165) is 28.3 Å². The van der Waals surface area contributed by atoms with E-state index in [1.807, 2.05) is 33.9 Å². The summed E-state index contributed by atoms with van der Waals surface area (Å²) in [5.41, 5.74) is 4.34. The van der Waals surface area contributed by atoms with Gasteiger partial charge in [-0.3, -0.25) is 0 Å². The van der Waals surface area contributed by atoms with Gasteiger partial charge in [-0.15, -0.1) is 0 Å². The molecule has 1 heterocycles. The van der Waals surface area contributed by atoms with Crippen LogP contribution in [0.4, 0.5) is 0 Å². The van der Waals surface area contributed by atoms with Crippen molar-refractivity contribution in [3.8, 4) is 23.1 Å². The summed E-state index contributed by atoms with van der Waals surface area (Å²) >= 11 is 0. The fraction of sp³-hybridized carbons (Fsp3) is 0.333. The molecule has 4 heteroatoms. The van der Waals surface area contributed by atoms with E-state index in [2.05, 4.69) is 17.1 Å². The molecule has 0 saturated carbocycles. The standard InChI is InChI=1S/C15H17N3O/c1-9-6-10(2)14(13(7-9)19-5)15-12(8-16)18(4)11(3)17-15/h6-7H,1-5H3. The molecule has 0 aliphatic heterocycles. The second-order valence-electron chi connectivity index (χ2n) is 4.69. The maximum absolute atomic E-state index is 9.33.